The van der Waals surface area contributed by atoms with Gasteiger partial charge >= 0.3 is 6.18 Å². The lowest BCUT2D eigenvalue weighted by Gasteiger charge is -2.36. The lowest BCUT2D eigenvalue weighted by Crippen LogP contribution is -2.47. The van der Waals surface area contributed by atoms with Crippen molar-refractivity contribution < 1.29 is 26.4 Å². The first-order valence-corrected chi connectivity index (χ1v) is 10.4. The fourth-order valence-corrected chi connectivity index (χ4v) is 4.58. The van der Waals surface area contributed by atoms with Crippen LogP contribution in [0, 0.1) is 5.92 Å². The highest BCUT2D eigenvalue weighted by Crippen LogP contribution is 2.36. The number of amides is 1. The van der Waals surface area contributed by atoms with Gasteiger partial charge in [-0.05, 0) is 49.4 Å². The number of rotatable bonds is 2. The number of sulfonamides is 1. The number of benzene rings is 1. The van der Waals surface area contributed by atoms with Crippen LogP contribution in [-0.4, -0.2) is 44.5 Å². The van der Waals surface area contributed by atoms with Crippen molar-refractivity contribution in [2.45, 2.75) is 31.9 Å². The molecule has 0 saturated carbocycles. The van der Waals surface area contributed by atoms with Gasteiger partial charge in [0.25, 0.3) is 0 Å². The van der Waals surface area contributed by atoms with Crippen LogP contribution in [0.5, 0.6) is 0 Å². The highest BCUT2D eigenvalue weighted by Gasteiger charge is 2.36. The first-order valence-electron chi connectivity index (χ1n) is 8.54. The smallest absolute Gasteiger partial charge is 0.312 e. The van der Waals surface area contributed by atoms with Gasteiger partial charge in [-0.2, -0.15) is 13.2 Å². The highest BCUT2D eigenvalue weighted by atomic mass is 32.2. The number of carbonyl (C=O) groups excluding carboxylic acids is 1. The van der Waals surface area contributed by atoms with E-state index in [0.29, 0.717) is 50.0 Å². The van der Waals surface area contributed by atoms with Crippen LogP contribution in [0.3, 0.4) is 0 Å². The van der Waals surface area contributed by atoms with Crippen molar-refractivity contribution in [2.75, 3.05) is 30.8 Å². The summed E-state index contributed by atoms with van der Waals surface area (Å²) in [6.07, 6.45) is -1.05. The Hall–Kier alpha value is -1.61. The molecule has 2 aliphatic heterocycles. The van der Waals surface area contributed by atoms with Crippen LogP contribution in [0.4, 0.5) is 18.9 Å². The molecule has 1 aromatic carbocycles. The molecule has 0 radical (unpaired) electrons. The Balaban J connectivity index is 1.84. The second kappa shape index (κ2) is 6.84. The van der Waals surface area contributed by atoms with Crippen molar-refractivity contribution >= 4 is 21.6 Å². The molecule has 1 saturated heterocycles. The Labute approximate surface area is 150 Å². The van der Waals surface area contributed by atoms with E-state index in [9.17, 15) is 26.4 Å². The fourth-order valence-electron chi connectivity index (χ4n) is 3.67. The second-order valence-corrected chi connectivity index (χ2v) is 8.88. The summed E-state index contributed by atoms with van der Waals surface area (Å²) < 4.78 is 63.6. The molecule has 0 unspecified atom stereocenters. The monoisotopic (exact) mass is 390 g/mol. The minimum absolute atomic E-state index is 0.129. The van der Waals surface area contributed by atoms with Gasteiger partial charge in [-0.15, -0.1) is 0 Å². The maximum Gasteiger partial charge on any atom is 0.416 e. The van der Waals surface area contributed by atoms with Gasteiger partial charge < -0.3 is 4.90 Å². The van der Waals surface area contributed by atoms with Crippen LogP contribution in [0.1, 0.15) is 30.4 Å². The van der Waals surface area contributed by atoms with Crippen LogP contribution in [0.2, 0.25) is 0 Å². The van der Waals surface area contributed by atoms with Crippen molar-refractivity contribution in [1.82, 2.24) is 4.31 Å². The summed E-state index contributed by atoms with van der Waals surface area (Å²) >= 11 is 0. The maximum atomic E-state index is 13.0. The minimum atomic E-state index is -4.42. The molecule has 0 bridgehead atoms. The molecular weight excluding hydrogens is 369 g/mol. The molecule has 1 amide bonds. The van der Waals surface area contributed by atoms with Gasteiger partial charge in [0.2, 0.25) is 15.9 Å². The van der Waals surface area contributed by atoms with E-state index in [1.54, 1.807) is 0 Å². The number of hydrogen-bond donors (Lipinski definition) is 0. The Morgan fingerprint density at radius 3 is 2.58 bits per heavy atom. The summed E-state index contributed by atoms with van der Waals surface area (Å²) in [6, 6.07) is 3.46. The van der Waals surface area contributed by atoms with E-state index in [-0.39, 0.29) is 12.5 Å². The SMILES string of the molecule is CS(=O)(=O)N1CCC[C@@H](C(=O)N2CCCc3cc(C(F)(F)F)ccc32)C1. The van der Waals surface area contributed by atoms with Crippen LogP contribution in [0.15, 0.2) is 18.2 Å². The van der Waals surface area contributed by atoms with Gasteiger partial charge in [-0.3, -0.25) is 4.79 Å². The van der Waals surface area contributed by atoms with Crippen LogP contribution < -0.4 is 4.90 Å². The van der Waals surface area contributed by atoms with Gasteiger partial charge in [0.15, 0.2) is 0 Å². The number of carbonyl (C=O) groups is 1. The molecule has 3 rings (SSSR count). The Morgan fingerprint density at radius 1 is 1.19 bits per heavy atom. The molecule has 1 fully saturated rings. The molecule has 2 heterocycles. The van der Waals surface area contributed by atoms with Crippen molar-refractivity contribution in [3.05, 3.63) is 29.3 Å². The summed E-state index contributed by atoms with van der Waals surface area (Å²) in [5.41, 5.74) is 0.299. The number of fused-ring (bicyclic) bond motifs is 1. The van der Waals surface area contributed by atoms with E-state index in [1.165, 1.54) is 15.3 Å². The number of nitrogens with zero attached hydrogens (tertiary/aromatic N) is 2. The summed E-state index contributed by atoms with van der Waals surface area (Å²) in [7, 11) is -3.37. The molecule has 5 nitrogen and oxygen atoms in total. The lowest BCUT2D eigenvalue weighted by atomic mass is 9.94. The molecule has 0 N–H and O–H groups in total. The average Bonchev–Trinajstić information content (AvgIpc) is 2.58. The highest BCUT2D eigenvalue weighted by molar-refractivity contribution is 7.88. The predicted octanol–water partition coefficient (Wildman–Crippen LogP) is 2.66. The van der Waals surface area contributed by atoms with Crippen molar-refractivity contribution in [3.63, 3.8) is 0 Å². The van der Waals surface area contributed by atoms with Crippen molar-refractivity contribution in [3.8, 4) is 0 Å². The van der Waals surface area contributed by atoms with E-state index in [2.05, 4.69) is 0 Å². The third-order valence-corrected chi connectivity index (χ3v) is 6.26. The average molecular weight is 390 g/mol. The van der Waals surface area contributed by atoms with Gasteiger partial charge in [0.1, 0.15) is 0 Å². The molecule has 1 atom stereocenters. The molecule has 26 heavy (non-hydrogen) atoms. The molecular formula is C17H21F3N2O3S. The third kappa shape index (κ3) is 3.88. The number of piperidine rings is 1. The minimum Gasteiger partial charge on any atom is -0.312 e. The number of hydrogen-bond acceptors (Lipinski definition) is 3. The zero-order valence-electron chi connectivity index (χ0n) is 14.4. The molecule has 0 aliphatic carbocycles. The zero-order valence-corrected chi connectivity index (χ0v) is 15.2. The number of alkyl halides is 3. The first-order chi connectivity index (χ1) is 12.1. The van der Waals surface area contributed by atoms with Gasteiger partial charge in [0, 0.05) is 25.3 Å². The van der Waals surface area contributed by atoms with E-state index in [1.807, 2.05) is 0 Å². The second-order valence-electron chi connectivity index (χ2n) is 6.89. The molecule has 0 spiro atoms. The molecule has 2 aliphatic rings. The topological polar surface area (TPSA) is 57.7 Å². The van der Waals surface area contributed by atoms with Crippen molar-refractivity contribution in [2.24, 2.45) is 5.92 Å². The van der Waals surface area contributed by atoms with E-state index >= 15 is 0 Å². The Kier molecular flexibility index (Phi) is 5.04. The first kappa shape index (κ1) is 19.2. The van der Waals surface area contributed by atoms with Crippen molar-refractivity contribution in [1.29, 1.82) is 0 Å². The predicted molar refractivity (Wildman–Crippen MR) is 91.3 cm³/mol. The Morgan fingerprint density at radius 2 is 1.92 bits per heavy atom. The molecule has 1 aromatic rings. The normalized spacial score (nSPS) is 22.2. The molecule has 144 valence electrons. The quantitative estimate of drug-likeness (QED) is 0.780. The number of aryl methyl sites for hydroxylation is 1. The lowest BCUT2D eigenvalue weighted by molar-refractivity contribution is -0.137. The van der Waals surface area contributed by atoms with Gasteiger partial charge in [0.05, 0.1) is 17.7 Å². The molecule has 9 heteroatoms. The largest absolute Gasteiger partial charge is 0.416 e. The summed E-state index contributed by atoms with van der Waals surface area (Å²) in [6.45, 7) is 0.963. The standard InChI is InChI=1S/C17H21F3N2O3S/c1-26(24,25)21-8-2-5-13(11-21)16(23)22-9-3-4-12-10-14(17(18,19)20)6-7-15(12)22/h6-7,10,13H,2-5,8-9,11H2,1H3/t13-/m1/s1. The van der Waals surface area contributed by atoms with Crippen LogP contribution in [-0.2, 0) is 27.4 Å². The zero-order chi connectivity index (χ0) is 19.1. The number of anilines is 1. The van der Waals surface area contributed by atoms with Gasteiger partial charge in [-0.25, -0.2) is 12.7 Å². The maximum absolute atomic E-state index is 13.0. The van der Waals surface area contributed by atoms with E-state index < -0.39 is 27.7 Å². The summed E-state index contributed by atoms with van der Waals surface area (Å²) in [5.74, 6) is -0.675. The number of halogens is 3. The summed E-state index contributed by atoms with van der Waals surface area (Å²) in [5, 5.41) is 0. The summed E-state index contributed by atoms with van der Waals surface area (Å²) in [4.78, 5) is 14.5. The van der Waals surface area contributed by atoms with Crippen LogP contribution in [0.25, 0.3) is 0 Å². The van der Waals surface area contributed by atoms with Crippen LogP contribution >= 0.6 is 0 Å². The van der Waals surface area contributed by atoms with E-state index in [0.717, 1.165) is 18.4 Å². The fraction of sp³-hybridized carbons (Fsp3) is 0.588. The Bertz CT molecular complexity index is 808. The van der Waals surface area contributed by atoms with Gasteiger partial charge in [-0.1, -0.05) is 0 Å². The van der Waals surface area contributed by atoms with E-state index in [4.69, 9.17) is 0 Å². The molecule has 0 aromatic heterocycles. The third-order valence-electron chi connectivity index (χ3n) is 4.99.